The Morgan fingerprint density at radius 2 is 2.06 bits per heavy atom. The van der Waals surface area contributed by atoms with E-state index in [1.165, 1.54) is 32.1 Å². The molecule has 2 fully saturated rings. The van der Waals surface area contributed by atoms with Gasteiger partial charge in [0.15, 0.2) is 0 Å². The van der Waals surface area contributed by atoms with Crippen LogP contribution in [0, 0.1) is 23.2 Å². The summed E-state index contributed by atoms with van der Waals surface area (Å²) in [4.78, 5) is 0. The first-order chi connectivity index (χ1) is 7.90. The quantitative estimate of drug-likeness (QED) is 0.744. The van der Waals surface area contributed by atoms with Gasteiger partial charge in [-0.1, -0.05) is 19.3 Å². The number of nitrogens with one attached hydrogen (secondary N) is 1. The SMILES string of the molecule is N#CC1CCCCCC1NCC1CCOC1. The van der Waals surface area contributed by atoms with Crippen molar-refractivity contribution in [3.05, 3.63) is 0 Å². The summed E-state index contributed by atoms with van der Waals surface area (Å²) >= 11 is 0. The van der Waals surface area contributed by atoms with Crippen LogP contribution < -0.4 is 5.32 Å². The van der Waals surface area contributed by atoms with E-state index in [4.69, 9.17) is 10.00 Å². The van der Waals surface area contributed by atoms with Crippen LogP contribution in [0.5, 0.6) is 0 Å². The minimum Gasteiger partial charge on any atom is -0.381 e. The first-order valence-corrected chi connectivity index (χ1v) is 6.61. The van der Waals surface area contributed by atoms with Crippen molar-refractivity contribution < 1.29 is 4.74 Å². The van der Waals surface area contributed by atoms with Gasteiger partial charge in [-0.15, -0.1) is 0 Å². The van der Waals surface area contributed by atoms with Gasteiger partial charge in [-0.25, -0.2) is 0 Å². The Balaban J connectivity index is 1.78. The normalized spacial score (nSPS) is 35.6. The molecule has 1 aliphatic heterocycles. The molecule has 0 aromatic heterocycles. The van der Waals surface area contributed by atoms with E-state index in [1.807, 2.05) is 0 Å². The smallest absolute Gasteiger partial charge is 0.0672 e. The molecule has 0 spiro atoms. The molecule has 1 saturated heterocycles. The minimum absolute atomic E-state index is 0.227. The molecule has 1 N–H and O–H groups in total. The predicted octanol–water partition coefficient (Wildman–Crippen LogP) is 2.08. The van der Waals surface area contributed by atoms with Gasteiger partial charge in [-0.2, -0.15) is 5.26 Å². The van der Waals surface area contributed by atoms with Crippen molar-refractivity contribution >= 4 is 0 Å². The molecule has 0 bridgehead atoms. The van der Waals surface area contributed by atoms with Crippen molar-refractivity contribution in [2.45, 2.75) is 44.6 Å². The second-order valence-corrected chi connectivity index (χ2v) is 5.12. The number of rotatable bonds is 3. The molecule has 3 atom stereocenters. The summed E-state index contributed by atoms with van der Waals surface area (Å²) < 4.78 is 5.37. The van der Waals surface area contributed by atoms with E-state index in [9.17, 15) is 0 Å². The fourth-order valence-corrected chi connectivity index (χ4v) is 2.77. The maximum absolute atomic E-state index is 9.16. The molecule has 0 aromatic carbocycles. The highest BCUT2D eigenvalue weighted by atomic mass is 16.5. The average Bonchev–Trinajstić information content (AvgIpc) is 2.71. The highest BCUT2D eigenvalue weighted by Crippen LogP contribution is 2.23. The van der Waals surface area contributed by atoms with Crippen LogP contribution in [-0.2, 0) is 4.74 Å². The highest BCUT2D eigenvalue weighted by Gasteiger charge is 2.24. The van der Waals surface area contributed by atoms with Crippen LogP contribution in [-0.4, -0.2) is 25.8 Å². The Hall–Kier alpha value is -0.590. The van der Waals surface area contributed by atoms with Crippen LogP contribution in [0.15, 0.2) is 0 Å². The van der Waals surface area contributed by atoms with E-state index in [2.05, 4.69) is 11.4 Å². The molecule has 0 aromatic rings. The van der Waals surface area contributed by atoms with E-state index >= 15 is 0 Å². The van der Waals surface area contributed by atoms with Crippen molar-refractivity contribution in [1.29, 1.82) is 5.26 Å². The maximum Gasteiger partial charge on any atom is 0.0672 e. The number of hydrogen-bond donors (Lipinski definition) is 1. The third-order valence-corrected chi connectivity index (χ3v) is 3.87. The summed E-state index contributed by atoms with van der Waals surface area (Å²) in [6.07, 6.45) is 7.22. The van der Waals surface area contributed by atoms with Gasteiger partial charge in [0, 0.05) is 19.2 Å². The lowest BCUT2D eigenvalue weighted by molar-refractivity contribution is 0.183. The van der Waals surface area contributed by atoms with Gasteiger partial charge >= 0.3 is 0 Å². The third-order valence-electron chi connectivity index (χ3n) is 3.87. The topological polar surface area (TPSA) is 45.0 Å². The Morgan fingerprint density at radius 1 is 1.19 bits per heavy atom. The molecule has 1 saturated carbocycles. The van der Waals surface area contributed by atoms with Crippen molar-refractivity contribution in [2.75, 3.05) is 19.8 Å². The lowest BCUT2D eigenvalue weighted by atomic mass is 9.95. The van der Waals surface area contributed by atoms with Crippen LogP contribution in [0.3, 0.4) is 0 Å². The summed E-state index contributed by atoms with van der Waals surface area (Å²) in [5.74, 6) is 0.896. The van der Waals surface area contributed by atoms with Crippen molar-refractivity contribution in [1.82, 2.24) is 5.32 Å². The maximum atomic E-state index is 9.16. The molecule has 1 heterocycles. The van der Waals surface area contributed by atoms with E-state index < -0.39 is 0 Å². The number of nitriles is 1. The zero-order chi connectivity index (χ0) is 11.2. The summed E-state index contributed by atoms with van der Waals surface area (Å²) in [6, 6.07) is 2.90. The van der Waals surface area contributed by atoms with Gasteiger partial charge in [-0.3, -0.25) is 0 Å². The Morgan fingerprint density at radius 3 is 2.81 bits per heavy atom. The first kappa shape index (κ1) is 11.9. The number of nitrogens with zero attached hydrogens (tertiary/aromatic N) is 1. The fourth-order valence-electron chi connectivity index (χ4n) is 2.77. The zero-order valence-corrected chi connectivity index (χ0v) is 9.95. The molecule has 2 aliphatic rings. The summed E-state index contributed by atoms with van der Waals surface area (Å²) in [7, 11) is 0. The van der Waals surface area contributed by atoms with Crippen molar-refractivity contribution in [3.8, 4) is 6.07 Å². The molecule has 2 rings (SSSR count). The van der Waals surface area contributed by atoms with Crippen LogP contribution in [0.25, 0.3) is 0 Å². The molecule has 0 amide bonds. The molecular weight excluding hydrogens is 200 g/mol. The third kappa shape index (κ3) is 3.20. The Bertz CT molecular complexity index is 243. The van der Waals surface area contributed by atoms with Crippen LogP contribution in [0.1, 0.15) is 38.5 Å². The molecule has 3 unspecified atom stereocenters. The first-order valence-electron chi connectivity index (χ1n) is 6.61. The van der Waals surface area contributed by atoms with Crippen LogP contribution in [0.2, 0.25) is 0 Å². The van der Waals surface area contributed by atoms with E-state index in [1.54, 1.807) is 0 Å². The predicted molar refractivity (Wildman–Crippen MR) is 62.9 cm³/mol. The average molecular weight is 222 g/mol. The standard InChI is InChI=1S/C13H22N2O/c14-8-12-4-2-1-3-5-13(12)15-9-11-6-7-16-10-11/h11-13,15H,1-7,9-10H2. The van der Waals surface area contributed by atoms with Crippen LogP contribution >= 0.6 is 0 Å². The van der Waals surface area contributed by atoms with Crippen molar-refractivity contribution in [2.24, 2.45) is 11.8 Å². The van der Waals surface area contributed by atoms with Gasteiger partial charge in [0.25, 0.3) is 0 Å². The summed E-state index contributed by atoms with van der Waals surface area (Å²) in [5.41, 5.74) is 0. The molecule has 3 nitrogen and oxygen atoms in total. The largest absolute Gasteiger partial charge is 0.381 e. The molecule has 0 radical (unpaired) electrons. The minimum atomic E-state index is 0.227. The van der Waals surface area contributed by atoms with E-state index in [-0.39, 0.29) is 5.92 Å². The molecule has 1 aliphatic carbocycles. The number of ether oxygens (including phenoxy) is 1. The Kier molecular flexibility index (Phi) is 4.62. The van der Waals surface area contributed by atoms with Gasteiger partial charge in [0.05, 0.1) is 18.6 Å². The monoisotopic (exact) mass is 222 g/mol. The second kappa shape index (κ2) is 6.22. The number of hydrogen-bond acceptors (Lipinski definition) is 3. The van der Waals surface area contributed by atoms with Gasteiger partial charge < -0.3 is 10.1 Å². The summed E-state index contributed by atoms with van der Waals surface area (Å²) in [5, 5.41) is 12.8. The van der Waals surface area contributed by atoms with Crippen molar-refractivity contribution in [3.63, 3.8) is 0 Å². The lowest BCUT2D eigenvalue weighted by Gasteiger charge is -2.22. The van der Waals surface area contributed by atoms with Gasteiger partial charge in [-0.05, 0) is 25.2 Å². The van der Waals surface area contributed by atoms with Gasteiger partial charge in [0.2, 0.25) is 0 Å². The van der Waals surface area contributed by atoms with Gasteiger partial charge in [0.1, 0.15) is 0 Å². The molecule has 16 heavy (non-hydrogen) atoms. The Labute approximate surface area is 98.2 Å². The highest BCUT2D eigenvalue weighted by molar-refractivity contribution is 4.93. The zero-order valence-electron chi connectivity index (χ0n) is 9.95. The van der Waals surface area contributed by atoms with E-state index in [0.29, 0.717) is 12.0 Å². The molecular formula is C13H22N2O. The summed E-state index contributed by atoms with van der Waals surface area (Å²) in [6.45, 7) is 2.85. The molecule has 3 heteroatoms. The lowest BCUT2D eigenvalue weighted by Crippen LogP contribution is -2.38. The fraction of sp³-hybridized carbons (Fsp3) is 0.923. The molecule has 90 valence electrons. The van der Waals surface area contributed by atoms with Crippen LogP contribution in [0.4, 0.5) is 0 Å². The van der Waals surface area contributed by atoms with E-state index in [0.717, 1.165) is 26.2 Å². The second-order valence-electron chi connectivity index (χ2n) is 5.12.